The normalized spacial score (nSPS) is 23.2. The Labute approximate surface area is 134 Å². The molecule has 1 aliphatic carbocycles. The molecule has 4 nitrogen and oxygen atoms in total. The minimum atomic E-state index is 0.306. The van der Waals surface area contributed by atoms with Gasteiger partial charge in [0.1, 0.15) is 5.01 Å². The van der Waals surface area contributed by atoms with Crippen molar-refractivity contribution < 1.29 is 4.79 Å². The third kappa shape index (κ3) is 3.43. The van der Waals surface area contributed by atoms with E-state index in [1.165, 1.54) is 19.3 Å². The first kappa shape index (κ1) is 15.3. The number of thioether (sulfide) groups is 1. The monoisotopic (exact) mass is 325 g/mol. The maximum Gasteiger partial charge on any atom is 0.224 e. The average molecular weight is 326 g/mol. The molecule has 0 bridgehead atoms. The van der Waals surface area contributed by atoms with Crippen molar-refractivity contribution in [3.8, 4) is 0 Å². The van der Waals surface area contributed by atoms with Crippen LogP contribution in [-0.4, -0.2) is 46.9 Å². The van der Waals surface area contributed by atoms with Crippen LogP contribution in [0.5, 0.6) is 0 Å². The highest BCUT2D eigenvalue weighted by atomic mass is 32.2. The lowest BCUT2D eigenvalue weighted by atomic mass is 9.93. The predicted molar refractivity (Wildman–Crippen MR) is 88.6 cm³/mol. The first-order valence-electron chi connectivity index (χ1n) is 7.63. The van der Waals surface area contributed by atoms with Crippen LogP contribution in [0.15, 0.2) is 11.6 Å². The second-order valence-electron chi connectivity index (χ2n) is 6.02. The van der Waals surface area contributed by atoms with Gasteiger partial charge in [-0.25, -0.2) is 4.98 Å². The van der Waals surface area contributed by atoms with E-state index < -0.39 is 0 Å². The molecule has 1 saturated heterocycles. The third-order valence-corrected chi connectivity index (χ3v) is 6.13. The fourth-order valence-corrected chi connectivity index (χ4v) is 4.40. The molecule has 2 aliphatic rings. The van der Waals surface area contributed by atoms with Crippen molar-refractivity contribution in [2.45, 2.75) is 38.3 Å². The van der Waals surface area contributed by atoms with Gasteiger partial charge in [0.05, 0.1) is 6.54 Å². The first-order valence-corrected chi connectivity index (χ1v) is 9.90. The molecule has 0 aromatic carbocycles. The molecular formula is C15H23N3OS2. The Morgan fingerprint density at radius 1 is 1.57 bits per heavy atom. The number of nitrogens with one attached hydrogen (secondary N) is 1. The second-order valence-corrected chi connectivity index (χ2v) is 7.99. The van der Waals surface area contributed by atoms with E-state index in [-0.39, 0.29) is 0 Å². The Kier molecular flexibility index (Phi) is 4.86. The van der Waals surface area contributed by atoms with Crippen molar-refractivity contribution in [3.63, 3.8) is 0 Å². The number of piperidine rings is 1. The van der Waals surface area contributed by atoms with Gasteiger partial charge in [0.15, 0.2) is 0 Å². The minimum Gasteiger partial charge on any atom is -0.332 e. The number of nitrogens with zero attached hydrogens (tertiary/aromatic N) is 2. The van der Waals surface area contributed by atoms with Crippen molar-refractivity contribution in [2.75, 3.05) is 25.1 Å². The summed E-state index contributed by atoms with van der Waals surface area (Å²) in [4.78, 5) is 19.1. The van der Waals surface area contributed by atoms with Crippen LogP contribution in [0.25, 0.3) is 0 Å². The molecule has 2 heterocycles. The Bertz CT molecular complexity index is 471. The van der Waals surface area contributed by atoms with Crippen LogP contribution < -0.4 is 5.32 Å². The summed E-state index contributed by atoms with van der Waals surface area (Å²) in [5, 5.41) is 6.48. The summed E-state index contributed by atoms with van der Waals surface area (Å²) >= 11 is 3.39. The van der Waals surface area contributed by atoms with Crippen LogP contribution in [0.1, 0.15) is 30.7 Å². The van der Waals surface area contributed by atoms with Crippen molar-refractivity contribution in [2.24, 2.45) is 5.41 Å². The van der Waals surface area contributed by atoms with Gasteiger partial charge in [0, 0.05) is 29.8 Å². The highest BCUT2D eigenvalue weighted by molar-refractivity contribution is 7.98. The van der Waals surface area contributed by atoms with E-state index in [1.54, 1.807) is 23.1 Å². The summed E-state index contributed by atoms with van der Waals surface area (Å²) in [5.74, 6) is 1.22. The molecule has 1 saturated carbocycles. The summed E-state index contributed by atoms with van der Waals surface area (Å²) < 4.78 is 0. The largest absolute Gasteiger partial charge is 0.332 e. The van der Waals surface area contributed by atoms with E-state index in [0.29, 0.717) is 30.3 Å². The standard InChI is InChI=1S/C15H23N3OS2/c1-20-8-2-14(19)18(11-13-17-7-9-21-13)12-10-15(12)3-5-16-6-4-15/h7,9,12,16H,2-6,8,10-11H2,1H3. The minimum absolute atomic E-state index is 0.306. The molecule has 1 amide bonds. The van der Waals surface area contributed by atoms with E-state index in [1.807, 2.05) is 11.6 Å². The molecule has 0 radical (unpaired) electrons. The SMILES string of the molecule is CSCCC(=O)N(Cc1nccs1)C1CC12CCNCC2. The lowest BCUT2D eigenvalue weighted by Gasteiger charge is -2.29. The molecule has 3 rings (SSSR count). The molecule has 1 spiro atoms. The maximum atomic E-state index is 12.6. The summed E-state index contributed by atoms with van der Waals surface area (Å²) in [7, 11) is 0. The molecular weight excluding hydrogens is 302 g/mol. The van der Waals surface area contributed by atoms with Gasteiger partial charge in [0.2, 0.25) is 5.91 Å². The van der Waals surface area contributed by atoms with Gasteiger partial charge in [-0.1, -0.05) is 0 Å². The molecule has 1 aliphatic heterocycles. The summed E-state index contributed by atoms with van der Waals surface area (Å²) in [6, 6.07) is 0.442. The van der Waals surface area contributed by atoms with E-state index >= 15 is 0 Å². The van der Waals surface area contributed by atoms with Crippen LogP contribution in [0, 0.1) is 5.41 Å². The van der Waals surface area contributed by atoms with E-state index in [9.17, 15) is 4.79 Å². The molecule has 1 unspecified atom stereocenters. The maximum absolute atomic E-state index is 12.6. The molecule has 2 fully saturated rings. The number of rotatable bonds is 6. The smallest absolute Gasteiger partial charge is 0.224 e. The lowest BCUT2D eigenvalue weighted by Crippen LogP contribution is -2.39. The number of aromatic nitrogens is 1. The number of amides is 1. The first-order chi connectivity index (χ1) is 10.2. The second kappa shape index (κ2) is 6.67. The molecule has 1 atom stereocenters. The number of thiazole rings is 1. The van der Waals surface area contributed by atoms with Crippen LogP contribution in [0.2, 0.25) is 0 Å². The van der Waals surface area contributed by atoms with Crippen molar-refractivity contribution in [3.05, 3.63) is 16.6 Å². The number of carbonyl (C=O) groups is 1. The number of hydrogen-bond donors (Lipinski definition) is 1. The number of hydrogen-bond acceptors (Lipinski definition) is 5. The van der Waals surface area contributed by atoms with Crippen LogP contribution in [-0.2, 0) is 11.3 Å². The fourth-order valence-electron chi connectivity index (χ4n) is 3.41. The zero-order chi connectivity index (χ0) is 14.7. The van der Waals surface area contributed by atoms with Crippen LogP contribution in [0.4, 0.5) is 0 Å². The highest BCUT2D eigenvalue weighted by Crippen LogP contribution is 2.56. The summed E-state index contributed by atoms with van der Waals surface area (Å²) in [6.07, 6.45) is 8.15. The summed E-state index contributed by atoms with van der Waals surface area (Å²) in [6.45, 7) is 2.89. The van der Waals surface area contributed by atoms with Crippen molar-refractivity contribution in [1.29, 1.82) is 0 Å². The van der Waals surface area contributed by atoms with Crippen LogP contribution in [0.3, 0.4) is 0 Å². The van der Waals surface area contributed by atoms with Gasteiger partial charge in [0.25, 0.3) is 0 Å². The van der Waals surface area contributed by atoms with Crippen molar-refractivity contribution >= 4 is 29.0 Å². The Morgan fingerprint density at radius 3 is 3.05 bits per heavy atom. The zero-order valence-corrected chi connectivity index (χ0v) is 14.1. The number of carbonyl (C=O) groups excluding carboxylic acids is 1. The Hall–Kier alpha value is -0.590. The molecule has 1 aromatic heterocycles. The van der Waals surface area contributed by atoms with Gasteiger partial charge >= 0.3 is 0 Å². The lowest BCUT2D eigenvalue weighted by molar-refractivity contribution is -0.132. The predicted octanol–water partition coefficient (Wildman–Crippen LogP) is 2.37. The van der Waals surface area contributed by atoms with Crippen molar-refractivity contribution in [1.82, 2.24) is 15.2 Å². The van der Waals surface area contributed by atoms with E-state index in [0.717, 1.165) is 23.8 Å². The quantitative estimate of drug-likeness (QED) is 0.872. The molecule has 116 valence electrons. The molecule has 1 N–H and O–H groups in total. The third-order valence-electron chi connectivity index (χ3n) is 4.75. The average Bonchev–Trinajstić information content (AvgIpc) is 2.95. The van der Waals surface area contributed by atoms with Gasteiger partial charge in [-0.05, 0) is 44.0 Å². The highest BCUT2D eigenvalue weighted by Gasteiger charge is 2.57. The molecule has 1 aromatic rings. The van der Waals surface area contributed by atoms with Gasteiger partial charge < -0.3 is 10.2 Å². The van der Waals surface area contributed by atoms with Gasteiger partial charge in [-0.2, -0.15) is 11.8 Å². The van der Waals surface area contributed by atoms with E-state index in [2.05, 4.69) is 21.5 Å². The Balaban J connectivity index is 1.68. The fraction of sp³-hybridized carbons (Fsp3) is 0.733. The van der Waals surface area contributed by atoms with Crippen LogP contribution >= 0.6 is 23.1 Å². The molecule has 6 heteroatoms. The summed E-state index contributed by atoms with van der Waals surface area (Å²) in [5.41, 5.74) is 0.400. The van der Waals surface area contributed by atoms with Gasteiger partial charge in [-0.3, -0.25) is 4.79 Å². The molecule has 21 heavy (non-hydrogen) atoms. The van der Waals surface area contributed by atoms with Gasteiger partial charge in [-0.15, -0.1) is 11.3 Å². The van der Waals surface area contributed by atoms with E-state index in [4.69, 9.17) is 0 Å². The Morgan fingerprint density at radius 2 is 2.38 bits per heavy atom. The topological polar surface area (TPSA) is 45.2 Å². The zero-order valence-electron chi connectivity index (χ0n) is 12.5.